The van der Waals surface area contributed by atoms with Gasteiger partial charge in [0.05, 0.1) is 17.5 Å². The maximum absolute atomic E-state index is 12.8. The zero-order valence-corrected chi connectivity index (χ0v) is 21.2. The minimum Gasteiger partial charge on any atom is -0.456 e. The molecule has 1 aromatic heterocycles. The lowest BCUT2D eigenvalue weighted by Gasteiger charge is -2.11. The number of rotatable bonds is 7. The van der Waals surface area contributed by atoms with Crippen LogP contribution in [0.4, 0.5) is 24.5 Å². The van der Waals surface area contributed by atoms with Crippen molar-refractivity contribution in [3.8, 4) is 17.6 Å². The largest absolute Gasteiger partial charge is 0.456 e. The number of hydrogen-bond donors (Lipinski definition) is 2. The molecule has 5 aromatic rings. The topological polar surface area (TPSA) is 104 Å². The Bertz CT molecular complexity index is 1740. The van der Waals surface area contributed by atoms with Crippen LogP contribution in [0, 0.1) is 11.3 Å². The van der Waals surface area contributed by atoms with E-state index in [1.807, 2.05) is 24.3 Å². The maximum atomic E-state index is 12.8. The van der Waals surface area contributed by atoms with Crippen molar-refractivity contribution < 1.29 is 31.9 Å². The van der Waals surface area contributed by atoms with Gasteiger partial charge < -0.3 is 19.8 Å². The fourth-order valence-corrected chi connectivity index (χ4v) is 4.01. The van der Waals surface area contributed by atoms with Crippen molar-refractivity contribution in [2.75, 3.05) is 10.6 Å². The summed E-state index contributed by atoms with van der Waals surface area (Å²) in [6.45, 7) is 0. The van der Waals surface area contributed by atoms with Crippen LogP contribution >= 0.6 is 0 Å². The van der Waals surface area contributed by atoms with Gasteiger partial charge in [0.15, 0.2) is 5.76 Å². The van der Waals surface area contributed by atoms with Crippen molar-refractivity contribution in [3.63, 3.8) is 0 Å². The van der Waals surface area contributed by atoms with E-state index in [2.05, 4.69) is 10.6 Å². The molecule has 0 aliphatic carbocycles. The van der Waals surface area contributed by atoms with Gasteiger partial charge in [-0.25, -0.2) is 0 Å². The quantitative estimate of drug-likeness (QED) is 0.216. The maximum Gasteiger partial charge on any atom is 0.416 e. The first-order valence-electron chi connectivity index (χ1n) is 12.3. The predicted octanol–water partition coefficient (Wildman–Crippen LogP) is 7.55. The van der Waals surface area contributed by atoms with Gasteiger partial charge in [0, 0.05) is 16.8 Å². The van der Waals surface area contributed by atoms with Crippen molar-refractivity contribution >= 4 is 34.2 Å². The summed E-state index contributed by atoms with van der Waals surface area (Å²) in [5.74, 6) is -0.300. The molecular weight excluding hydrogens is 535 g/mol. The summed E-state index contributed by atoms with van der Waals surface area (Å²) in [6.07, 6.45) is -4.44. The molecule has 0 aliphatic rings. The first kappa shape index (κ1) is 27.0. The van der Waals surface area contributed by atoms with Gasteiger partial charge in [-0.2, -0.15) is 18.4 Å². The number of alkyl halides is 3. The molecule has 0 unspecified atom stereocenters. The standard InChI is InChI=1S/C31H20F3N3O4/c32-31(33,34)22-7-12-25(13-8-22)40-27-14-11-24(16-21(27)18-35)36-29(38)15-19-5-9-23(10-6-19)37-30(39)28-17-20-3-1-2-4-26(20)41-28/h1-14,16-17H,15H2,(H,36,38)(H,37,39). The second kappa shape index (κ2) is 11.3. The molecule has 1 heterocycles. The molecule has 0 atom stereocenters. The molecule has 4 aromatic carbocycles. The molecule has 0 bridgehead atoms. The lowest BCUT2D eigenvalue weighted by Crippen LogP contribution is -2.15. The van der Waals surface area contributed by atoms with Crippen LogP contribution in [0.25, 0.3) is 11.0 Å². The Morgan fingerprint density at radius 1 is 0.854 bits per heavy atom. The summed E-state index contributed by atoms with van der Waals surface area (Å²) in [7, 11) is 0. The zero-order valence-electron chi connectivity index (χ0n) is 21.2. The second-order valence-corrected chi connectivity index (χ2v) is 8.97. The number of hydrogen-bond acceptors (Lipinski definition) is 5. The van der Waals surface area contributed by atoms with E-state index >= 15 is 0 Å². The summed E-state index contributed by atoms with van der Waals surface area (Å²) in [6, 6.07) is 26.1. The van der Waals surface area contributed by atoms with Crippen LogP contribution in [0.15, 0.2) is 101 Å². The average Bonchev–Trinajstić information content (AvgIpc) is 3.39. The molecule has 0 aliphatic heterocycles. The van der Waals surface area contributed by atoms with Crippen LogP contribution in [0.1, 0.15) is 27.2 Å². The highest BCUT2D eigenvalue weighted by Gasteiger charge is 2.30. The third-order valence-corrected chi connectivity index (χ3v) is 6.02. The number of amides is 2. The van der Waals surface area contributed by atoms with Crippen LogP contribution < -0.4 is 15.4 Å². The first-order chi connectivity index (χ1) is 19.7. The summed E-state index contributed by atoms with van der Waals surface area (Å²) >= 11 is 0. The van der Waals surface area contributed by atoms with E-state index in [1.165, 1.54) is 18.2 Å². The monoisotopic (exact) mass is 555 g/mol. The number of halogens is 3. The van der Waals surface area contributed by atoms with Gasteiger partial charge in [0.2, 0.25) is 5.91 Å². The van der Waals surface area contributed by atoms with Crippen LogP contribution in [-0.2, 0) is 17.4 Å². The number of anilines is 2. The molecule has 0 saturated heterocycles. The highest BCUT2D eigenvalue weighted by molar-refractivity contribution is 6.04. The number of nitrogens with one attached hydrogen (secondary N) is 2. The number of fused-ring (bicyclic) bond motifs is 1. The van der Waals surface area contributed by atoms with Gasteiger partial charge in [-0.15, -0.1) is 0 Å². The number of ether oxygens (including phenoxy) is 1. The van der Waals surface area contributed by atoms with E-state index < -0.39 is 17.6 Å². The molecule has 204 valence electrons. The summed E-state index contributed by atoms with van der Waals surface area (Å²) < 4.78 is 49.4. The van der Waals surface area contributed by atoms with E-state index in [0.717, 1.165) is 29.7 Å². The normalized spacial score (nSPS) is 11.1. The Morgan fingerprint density at radius 2 is 1.56 bits per heavy atom. The SMILES string of the molecule is N#Cc1cc(NC(=O)Cc2ccc(NC(=O)c3cc4ccccc4o3)cc2)ccc1Oc1ccc(C(F)(F)F)cc1. The molecule has 0 radical (unpaired) electrons. The van der Waals surface area contributed by atoms with Gasteiger partial charge in [-0.05, 0) is 72.3 Å². The Labute approximate surface area is 231 Å². The number of nitriles is 1. The smallest absolute Gasteiger partial charge is 0.416 e. The number of benzene rings is 4. The minimum absolute atomic E-state index is 0.0312. The van der Waals surface area contributed by atoms with Crippen molar-refractivity contribution in [1.82, 2.24) is 0 Å². The molecule has 0 saturated carbocycles. The van der Waals surface area contributed by atoms with Crippen molar-refractivity contribution in [2.45, 2.75) is 12.6 Å². The van der Waals surface area contributed by atoms with Gasteiger partial charge in [0.25, 0.3) is 5.91 Å². The fourth-order valence-electron chi connectivity index (χ4n) is 4.01. The minimum atomic E-state index is -4.47. The predicted molar refractivity (Wildman–Crippen MR) is 146 cm³/mol. The van der Waals surface area contributed by atoms with Crippen LogP contribution in [0.3, 0.4) is 0 Å². The first-order valence-corrected chi connectivity index (χ1v) is 12.3. The van der Waals surface area contributed by atoms with E-state index in [0.29, 0.717) is 22.5 Å². The number of furan rings is 1. The van der Waals surface area contributed by atoms with Crippen molar-refractivity contribution in [3.05, 3.63) is 120 Å². The molecule has 2 amide bonds. The highest BCUT2D eigenvalue weighted by atomic mass is 19.4. The molecule has 5 rings (SSSR count). The zero-order chi connectivity index (χ0) is 29.0. The van der Waals surface area contributed by atoms with Crippen molar-refractivity contribution in [1.29, 1.82) is 5.26 Å². The van der Waals surface area contributed by atoms with Gasteiger partial charge in [-0.1, -0.05) is 30.3 Å². The Balaban J connectivity index is 1.17. The second-order valence-electron chi connectivity index (χ2n) is 8.97. The number of nitrogens with zero attached hydrogens (tertiary/aromatic N) is 1. The number of para-hydroxylation sites is 1. The van der Waals surface area contributed by atoms with Crippen molar-refractivity contribution in [2.24, 2.45) is 0 Å². The van der Waals surface area contributed by atoms with E-state index in [9.17, 15) is 28.0 Å². The third kappa shape index (κ3) is 6.54. The lowest BCUT2D eigenvalue weighted by atomic mass is 10.1. The highest BCUT2D eigenvalue weighted by Crippen LogP contribution is 2.32. The van der Waals surface area contributed by atoms with E-state index in [1.54, 1.807) is 36.4 Å². The summed E-state index contributed by atoms with van der Waals surface area (Å²) in [5, 5.41) is 15.8. The Kier molecular flexibility index (Phi) is 7.43. The third-order valence-electron chi connectivity index (χ3n) is 6.02. The van der Waals surface area contributed by atoms with Crippen LogP contribution in [0.5, 0.6) is 11.5 Å². The molecular formula is C31H20F3N3O4. The Hall–Kier alpha value is -5.56. The number of carbonyl (C=O) groups excluding carboxylic acids is 2. The molecule has 7 nitrogen and oxygen atoms in total. The molecule has 0 spiro atoms. The molecule has 41 heavy (non-hydrogen) atoms. The van der Waals surface area contributed by atoms with Gasteiger partial charge >= 0.3 is 6.18 Å². The molecule has 0 fully saturated rings. The lowest BCUT2D eigenvalue weighted by molar-refractivity contribution is -0.137. The average molecular weight is 556 g/mol. The van der Waals surface area contributed by atoms with E-state index in [4.69, 9.17) is 9.15 Å². The summed E-state index contributed by atoms with van der Waals surface area (Å²) in [5.41, 5.74) is 1.45. The molecule has 2 N–H and O–H groups in total. The molecule has 10 heteroatoms. The fraction of sp³-hybridized carbons (Fsp3) is 0.0645. The van der Waals surface area contributed by atoms with Crippen LogP contribution in [-0.4, -0.2) is 11.8 Å². The summed E-state index contributed by atoms with van der Waals surface area (Å²) in [4.78, 5) is 25.1. The van der Waals surface area contributed by atoms with Gasteiger partial charge in [0.1, 0.15) is 23.2 Å². The van der Waals surface area contributed by atoms with Gasteiger partial charge in [-0.3, -0.25) is 9.59 Å². The van der Waals surface area contributed by atoms with E-state index in [-0.39, 0.29) is 35.2 Å². The number of carbonyl (C=O) groups is 2. The Morgan fingerprint density at radius 3 is 2.24 bits per heavy atom. The van der Waals surface area contributed by atoms with Crippen LogP contribution in [0.2, 0.25) is 0 Å².